The highest BCUT2D eigenvalue weighted by Gasteiger charge is 2.15. The quantitative estimate of drug-likeness (QED) is 0.514. The van der Waals surface area contributed by atoms with E-state index in [-0.39, 0.29) is 5.56 Å². The van der Waals surface area contributed by atoms with E-state index in [2.05, 4.69) is 11.6 Å². The Bertz CT molecular complexity index is 900. The number of fused-ring (bicyclic) bond motifs is 1. The van der Waals surface area contributed by atoms with E-state index in [1.54, 1.807) is 11.6 Å². The van der Waals surface area contributed by atoms with Crippen LogP contribution in [-0.4, -0.2) is 15.3 Å². The molecule has 1 aromatic carbocycles. The zero-order chi connectivity index (χ0) is 15.7. The van der Waals surface area contributed by atoms with Gasteiger partial charge in [0.2, 0.25) is 0 Å². The molecule has 2 heterocycles. The summed E-state index contributed by atoms with van der Waals surface area (Å²) in [7, 11) is 1.74. The Morgan fingerprint density at radius 3 is 2.82 bits per heavy atom. The summed E-state index contributed by atoms with van der Waals surface area (Å²) in [5.74, 6) is 0.532. The van der Waals surface area contributed by atoms with Crippen LogP contribution in [0.2, 0.25) is 0 Å². The van der Waals surface area contributed by atoms with Crippen molar-refractivity contribution in [3.8, 4) is 11.1 Å². The van der Waals surface area contributed by atoms with Gasteiger partial charge in [-0.3, -0.25) is 9.36 Å². The first kappa shape index (κ1) is 15.3. The summed E-state index contributed by atoms with van der Waals surface area (Å²) in [6.45, 7) is 3.66. The lowest BCUT2D eigenvalue weighted by Crippen LogP contribution is -2.19. The Morgan fingerprint density at radius 2 is 2.14 bits per heavy atom. The van der Waals surface area contributed by atoms with Gasteiger partial charge in [0.05, 0.1) is 5.39 Å². The molecule has 3 nitrogen and oxygen atoms in total. The standard InChI is InChI=1S/C16H13ClN2OS2/c1-10(17)8-22-16-18-14-13(15(20)19(16)2)12(9-21-14)11-6-4-3-5-7-11/h3-7,9H,1,8H2,2H3. The first-order chi connectivity index (χ1) is 10.6. The number of halogens is 1. The van der Waals surface area contributed by atoms with E-state index in [4.69, 9.17) is 11.6 Å². The van der Waals surface area contributed by atoms with Crippen LogP contribution in [0.3, 0.4) is 0 Å². The van der Waals surface area contributed by atoms with Gasteiger partial charge in [-0.1, -0.05) is 60.3 Å². The van der Waals surface area contributed by atoms with E-state index in [1.807, 2.05) is 35.7 Å². The Labute approximate surface area is 141 Å². The lowest BCUT2D eigenvalue weighted by Gasteiger charge is -2.07. The third-order valence-corrected chi connectivity index (χ3v) is 5.50. The second-order valence-electron chi connectivity index (χ2n) is 4.76. The highest BCUT2D eigenvalue weighted by Crippen LogP contribution is 2.32. The van der Waals surface area contributed by atoms with Gasteiger partial charge in [-0.25, -0.2) is 4.98 Å². The van der Waals surface area contributed by atoms with Gasteiger partial charge in [0.1, 0.15) is 4.83 Å². The van der Waals surface area contributed by atoms with Gasteiger partial charge in [-0.15, -0.1) is 11.3 Å². The third kappa shape index (κ3) is 2.84. The van der Waals surface area contributed by atoms with Gasteiger partial charge < -0.3 is 0 Å². The molecule has 0 aliphatic carbocycles. The van der Waals surface area contributed by atoms with Crippen molar-refractivity contribution in [2.24, 2.45) is 7.05 Å². The molecule has 0 fully saturated rings. The monoisotopic (exact) mass is 348 g/mol. The summed E-state index contributed by atoms with van der Waals surface area (Å²) in [4.78, 5) is 18.1. The fraction of sp³-hybridized carbons (Fsp3) is 0.125. The van der Waals surface area contributed by atoms with Gasteiger partial charge in [0.15, 0.2) is 5.16 Å². The second kappa shape index (κ2) is 6.28. The number of nitrogens with zero attached hydrogens (tertiary/aromatic N) is 2. The summed E-state index contributed by atoms with van der Waals surface area (Å²) in [5, 5.41) is 3.85. The molecule has 0 saturated carbocycles. The summed E-state index contributed by atoms with van der Waals surface area (Å²) >= 11 is 8.70. The molecule has 2 aromatic heterocycles. The van der Waals surface area contributed by atoms with Crippen LogP contribution in [0.15, 0.2) is 57.3 Å². The first-order valence-corrected chi connectivity index (χ1v) is 8.82. The molecule has 0 unspecified atom stereocenters. The van der Waals surface area contributed by atoms with E-state index >= 15 is 0 Å². The van der Waals surface area contributed by atoms with Crippen molar-refractivity contribution in [3.05, 3.63) is 57.7 Å². The van der Waals surface area contributed by atoms with E-state index in [0.29, 0.717) is 21.3 Å². The van der Waals surface area contributed by atoms with Gasteiger partial charge in [-0.2, -0.15) is 0 Å². The average Bonchev–Trinajstić information content (AvgIpc) is 2.94. The van der Waals surface area contributed by atoms with Crippen molar-refractivity contribution in [2.75, 3.05) is 5.75 Å². The van der Waals surface area contributed by atoms with Crippen molar-refractivity contribution in [1.29, 1.82) is 0 Å². The number of rotatable bonds is 4. The molecule has 3 aromatic rings. The smallest absolute Gasteiger partial charge is 0.263 e. The molecular weight excluding hydrogens is 336 g/mol. The lowest BCUT2D eigenvalue weighted by molar-refractivity contribution is 0.729. The van der Waals surface area contributed by atoms with Crippen molar-refractivity contribution in [2.45, 2.75) is 5.16 Å². The Morgan fingerprint density at radius 1 is 1.41 bits per heavy atom. The van der Waals surface area contributed by atoms with Crippen LogP contribution in [0.4, 0.5) is 0 Å². The molecular formula is C16H13ClN2OS2. The molecule has 112 valence electrons. The Hall–Kier alpha value is -1.56. The number of thiophene rings is 1. The molecule has 0 bridgehead atoms. The number of hydrogen-bond acceptors (Lipinski definition) is 4. The largest absolute Gasteiger partial charge is 0.290 e. The Balaban J connectivity index is 2.15. The van der Waals surface area contributed by atoms with Crippen LogP contribution >= 0.6 is 34.7 Å². The van der Waals surface area contributed by atoms with Crippen molar-refractivity contribution >= 4 is 44.9 Å². The maximum Gasteiger partial charge on any atom is 0.263 e. The number of benzene rings is 1. The maximum atomic E-state index is 12.7. The van der Waals surface area contributed by atoms with Crippen LogP contribution in [0, 0.1) is 0 Å². The molecule has 0 saturated heterocycles. The van der Waals surface area contributed by atoms with Gasteiger partial charge in [0, 0.05) is 28.8 Å². The minimum absolute atomic E-state index is 0.0345. The van der Waals surface area contributed by atoms with Crippen molar-refractivity contribution < 1.29 is 0 Å². The van der Waals surface area contributed by atoms with E-state index in [1.165, 1.54) is 23.1 Å². The van der Waals surface area contributed by atoms with Gasteiger partial charge in [-0.05, 0) is 5.56 Å². The Kier molecular flexibility index (Phi) is 4.38. The van der Waals surface area contributed by atoms with Crippen LogP contribution in [0.25, 0.3) is 21.3 Å². The topological polar surface area (TPSA) is 34.9 Å². The van der Waals surface area contributed by atoms with E-state index in [9.17, 15) is 4.79 Å². The highest BCUT2D eigenvalue weighted by atomic mass is 35.5. The summed E-state index contributed by atoms with van der Waals surface area (Å²) in [6.07, 6.45) is 0. The zero-order valence-corrected chi connectivity index (χ0v) is 14.3. The van der Waals surface area contributed by atoms with E-state index < -0.39 is 0 Å². The summed E-state index contributed by atoms with van der Waals surface area (Å²) in [6, 6.07) is 9.89. The van der Waals surface area contributed by atoms with Crippen LogP contribution in [0.1, 0.15) is 0 Å². The number of hydrogen-bond donors (Lipinski definition) is 0. The fourth-order valence-electron chi connectivity index (χ4n) is 2.16. The highest BCUT2D eigenvalue weighted by molar-refractivity contribution is 7.99. The number of aromatic nitrogens is 2. The van der Waals surface area contributed by atoms with Crippen LogP contribution in [-0.2, 0) is 7.05 Å². The molecule has 6 heteroatoms. The molecule has 0 aliphatic rings. The summed E-state index contributed by atoms with van der Waals surface area (Å²) in [5.41, 5.74) is 1.93. The second-order valence-corrected chi connectivity index (χ2v) is 7.10. The fourth-order valence-corrected chi connectivity index (χ4v) is 4.03. The van der Waals surface area contributed by atoms with Crippen LogP contribution in [0.5, 0.6) is 0 Å². The molecule has 22 heavy (non-hydrogen) atoms. The lowest BCUT2D eigenvalue weighted by atomic mass is 10.1. The maximum absolute atomic E-state index is 12.7. The van der Waals surface area contributed by atoms with Crippen molar-refractivity contribution in [1.82, 2.24) is 9.55 Å². The van der Waals surface area contributed by atoms with E-state index in [0.717, 1.165) is 16.0 Å². The molecule has 0 radical (unpaired) electrons. The first-order valence-electron chi connectivity index (χ1n) is 6.57. The molecule has 0 atom stereocenters. The van der Waals surface area contributed by atoms with Crippen LogP contribution < -0.4 is 5.56 Å². The van der Waals surface area contributed by atoms with Gasteiger partial charge >= 0.3 is 0 Å². The predicted molar refractivity (Wildman–Crippen MR) is 96.0 cm³/mol. The normalized spacial score (nSPS) is 11.0. The third-order valence-electron chi connectivity index (χ3n) is 3.22. The summed E-state index contributed by atoms with van der Waals surface area (Å²) < 4.78 is 1.58. The average molecular weight is 349 g/mol. The molecule has 0 N–H and O–H groups in total. The number of thioether (sulfide) groups is 1. The zero-order valence-electron chi connectivity index (χ0n) is 11.9. The van der Waals surface area contributed by atoms with Gasteiger partial charge in [0.25, 0.3) is 5.56 Å². The minimum Gasteiger partial charge on any atom is -0.290 e. The van der Waals surface area contributed by atoms with Crippen molar-refractivity contribution in [3.63, 3.8) is 0 Å². The molecule has 3 rings (SSSR count). The molecule has 0 aliphatic heterocycles. The molecule has 0 amide bonds. The minimum atomic E-state index is -0.0345. The molecule has 0 spiro atoms. The predicted octanol–water partition coefficient (Wildman–Crippen LogP) is 4.51. The SMILES string of the molecule is C=C(Cl)CSc1nc2scc(-c3ccccc3)c2c(=O)n1C.